The molecule has 0 saturated heterocycles. The van der Waals surface area contributed by atoms with Crippen LogP contribution < -0.4 is 14.7 Å². The number of hydroxylamine groups is 1. The van der Waals surface area contributed by atoms with E-state index in [-0.39, 0.29) is 5.91 Å². The predicted molar refractivity (Wildman–Crippen MR) is 89.6 cm³/mol. The van der Waals surface area contributed by atoms with E-state index < -0.39 is 5.66 Å². The number of carbonyl (C=O) groups is 1. The Balaban J connectivity index is 2.13. The molecule has 2 aromatic carbocycles. The fourth-order valence-corrected chi connectivity index (χ4v) is 2.95. The number of halogens is 1. The second-order valence-corrected chi connectivity index (χ2v) is 6.24. The molecular formula is C17H17ClN2O3. The summed E-state index contributed by atoms with van der Waals surface area (Å²) < 4.78 is 5.15. The molecule has 1 aliphatic heterocycles. The highest BCUT2D eigenvalue weighted by Gasteiger charge is 2.44. The van der Waals surface area contributed by atoms with Gasteiger partial charge in [-0.15, -0.1) is 0 Å². The summed E-state index contributed by atoms with van der Waals surface area (Å²) in [7, 11) is 1.58. The molecule has 0 aliphatic carbocycles. The number of nitrogens with zero attached hydrogens (tertiary/aromatic N) is 2. The van der Waals surface area contributed by atoms with Crippen molar-refractivity contribution >= 4 is 28.9 Å². The number of carbonyl (C=O) groups excluding carboxylic acids is 1. The lowest BCUT2D eigenvalue weighted by Crippen LogP contribution is -2.62. The third-order valence-electron chi connectivity index (χ3n) is 4.02. The Morgan fingerprint density at radius 1 is 1.13 bits per heavy atom. The normalized spacial score (nSPS) is 16.3. The zero-order valence-corrected chi connectivity index (χ0v) is 13.8. The van der Waals surface area contributed by atoms with Gasteiger partial charge in [-0.25, -0.2) is 5.06 Å². The van der Waals surface area contributed by atoms with Gasteiger partial charge in [-0.3, -0.25) is 14.9 Å². The van der Waals surface area contributed by atoms with Crippen molar-refractivity contribution in [3.05, 3.63) is 53.1 Å². The van der Waals surface area contributed by atoms with Crippen molar-refractivity contribution < 1.29 is 14.7 Å². The third kappa shape index (κ3) is 2.42. The van der Waals surface area contributed by atoms with Crippen molar-refractivity contribution in [2.45, 2.75) is 19.5 Å². The number of amides is 1. The van der Waals surface area contributed by atoms with Crippen molar-refractivity contribution in [2.75, 3.05) is 17.1 Å². The van der Waals surface area contributed by atoms with Crippen molar-refractivity contribution in [3.8, 4) is 5.75 Å². The first-order chi connectivity index (χ1) is 10.9. The van der Waals surface area contributed by atoms with E-state index >= 15 is 0 Å². The largest absolute Gasteiger partial charge is 0.497 e. The van der Waals surface area contributed by atoms with Crippen molar-refractivity contribution in [1.29, 1.82) is 0 Å². The molecule has 0 atom stereocenters. The average Bonchev–Trinajstić information content (AvgIpc) is 2.53. The van der Waals surface area contributed by atoms with Gasteiger partial charge in [0.2, 0.25) is 0 Å². The van der Waals surface area contributed by atoms with Gasteiger partial charge in [-0.2, -0.15) is 0 Å². The van der Waals surface area contributed by atoms with Gasteiger partial charge in [-0.1, -0.05) is 11.6 Å². The Morgan fingerprint density at radius 3 is 2.39 bits per heavy atom. The van der Waals surface area contributed by atoms with E-state index in [1.807, 2.05) is 0 Å². The zero-order valence-electron chi connectivity index (χ0n) is 13.1. The maximum Gasteiger partial charge on any atom is 0.262 e. The summed E-state index contributed by atoms with van der Waals surface area (Å²) in [5, 5.41) is 12.2. The summed E-state index contributed by atoms with van der Waals surface area (Å²) >= 11 is 5.99. The van der Waals surface area contributed by atoms with Gasteiger partial charge in [0.1, 0.15) is 11.4 Å². The number of methoxy groups -OCH3 is 1. The highest BCUT2D eigenvalue weighted by Crippen LogP contribution is 2.40. The molecule has 1 aliphatic rings. The minimum Gasteiger partial charge on any atom is -0.497 e. The molecule has 23 heavy (non-hydrogen) atoms. The number of hydrogen-bond acceptors (Lipinski definition) is 4. The molecule has 0 unspecified atom stereocenters. The number of ether oxygens (including phenoxy) is 1. The Kier molecular flexibility index (Phi) is 3.70. The Bertz CT molecular complexity index is 759. The average molecular weight is 333 g/mol. The van der Waals surface area contributed by atoms with Gasteiger partial charge in [0.15, 0.2) is 0 Å². The summed E-state index contributed by atoms with van der Waals surface area (Å²) in [5.41, 5.74) is 0.494. The van der Waals surface area contributed by atoms with Gasteiger partial charge < -0.3 is 4.74 Å². The molecule has 0 aromatic heterocycles. The quantitative estimate of drug-likeness (QED) is 0.905. The molecule has 0 saturated carbocycles. The molecule has 5 nitrogen and oxygen atoms in total. The third-order valence-corrected chi connectivity index (χ3v) is 4.25. The van der Waals surface area contributed by atoms with Crippen LogP contribution in [0.5, 0.6) is 5.75 Å². The maximum absolute atomic E-state index is 13.0. The lowest BCUT2D eigenvalue weighted by molar-refractivity contribution is 0.0873. The van der Waals surface area contributed by atoms with Gasteiger partial charge in [0.05, 0.1) is 18.4 Å². The Morgan fingerprint density at radius 2 is 1.78 bits per heavy atom. The SMILES string of the molecule is COc1ccc(N2C(=O)c3ccc(Cl)cc3N(O)C2(C)C)cc1. The molecule has 1 N–H and O–H groups in total. The van der Waals surface area contributed by atoms with Crippen LogP contribution in [0.1, 0.15) is 24.2 Å². The van der Waals surface area contributed by atoms with Crippen LogP contribution in [0.4, 0.5) is 11.4 Å². The van der Waals surface area contributed by atoms with Crippen LogP contribution in [0.15, 0.2) is 42.5 Å². The topological polar surface area (TPSA) is 53.0 Å². The van der Waals surface area contributed by atoms with Gasteiger partial charge >= 0.3 is 0 Å². The molecule has 1 amide bonds. The minimum atomic E-state index is -0.969. The first kappa shape index (κ1) is 15.6. The Hall–Kier alpha value is -2.24. The highest BCUT2D eigenvalue weighted by molar-refractivity contribution is 6.31. The molecule has 0 fully saturated rings. The fraction of sp³-hybridized carbons (Fsp3) is 0.235. The number of rotatable bonds is 2. The highest BCUT2D eigenvalue weighted by atomic mass is 35.5. The molecular weight excluding hydrogens is 316 g/mol. The lowest BCUT2D eigenvalue weighted by Gasteiger charge is -2.48. The maximum atomic E-state index is 13.0. The van der Waals surface area contributed by atoms with Crippen LogP contribution >= 0.6 is 11.6 Å². The van der Waals surface area contributed by atoms with Gasteiger partial charge in [-0.05, 0) is 56.3 Å². The molecule has 0 bridgehead atoms. The molecule has 120 valence electrons. The van der Waals surface area contributed by atoms with Gasteiger partial charge in [0.25, 0.3) is 5.91 Å². The fourth-order valence-electron chi connectivity index (χ4n) is 2.78. The van der Waals surface area contributed by atoms with E-state index in [2.05, 4.69) is 0 Å². The molecule has 3 rings (SSSR count). The van der Waals surface area contributed by atoms with E-state index in [0.29, 0.717) is 27.7 Å². The molecule has 6 heteroatoms. The zero-order chi connectivity index (χ0) is 16.8. The van der Waals surface area contributed by atoms with Gasteiger partial charge in [0, 0.05) is 10.7 Å². The van der Waals surface area contributed by atoms with Crippen molar-refractivity contribution in [3.63, 3.8) is 0 Å². The monoisotopic (exact) mass is 332 g/mol. The number of fused-ring (bicyclic) bond motifs is 1. The minimum absolute atomic E-state index is 0.197. The van der Waals surface area contributed by atoms with Crippen molar-refractivity contribution in [1.82, 2.24) is 0 Å². The predicted octanol–water partition coefficient (Wildman–Crippen LogP) is 3.94. The molecule has 2 aromatic rings. The van der Waals surface area contributed by atoms with E-state index in [1.54, 1.807) is 68.3 Å². The summed E-state index contributed by atoms with van der Waals surface area (Å²) in [4.78, 5) is 14.5. The number of anilines is 2. The summed E-state index contributed by atoms with van der Waals surface area (Å²) in [5.74, 6) is 0.501. The summed E-state index contributed by atoms with van der Waals surface area (Å²) in [6.07, 6.45) is 0. The lowest BCUT2D eigenvalue weighted by atomic mass is 10.0. The number of hydrogen-bond donors (Lipinski definition) is 1. The van der Waals surface area contributed by atoms with Crippen LogP contribution in [0, 0.1) is 0 Å². The van der Waals surface area contributed by atoms with E-state index in [1.165, 1.54) is 0 Å². The summed E-state index contributed by atoms with van der Waals surface area (Å²) in [6, 6.07) is 12.0. The van der Waals surface area contributed by atoms with E-state index in [4.69, 9.17) is 16.3 Å². The van der Waals surface area contributed by atoms with Crippen LogP contribution in [-0.2, 0) is 0 Å². The van der Waals surface area contributed by atoms with Crippen LogP contribution in [0.3, 0.4) is 0 Å². The first-order valence-corrected chi connectivity index (χ1v) is 7.51. The molecule has 0 radical (unpaired) electrons. The summed E-state index contributed by atoms with van der Waals surface area (Å²) in [6.45, 7) is 3.53. The smallest absolute Gasteiger partial charge is 0.262 e. The molecule has 0 spiro atoms. The van der Waals surface area contributed by atoms with E-state index in [0.717, 1.165) is 5.06 Å². The van der Waals surface area contributed by atoms with Crippen LogP contribution in [0.2, 0.25) is 5.02 Å². The number of benzene rings is 2. The van der Waals surface area contributed by atoms with Crippen molar-refractivity contribution in [2.24, 2.45) is 0 Å². The molecule has 1 heterocycles. The Labute approximate surface area is 139 Å². The second-order valence-electron chi connectivity index (χ2n) is 5.81. The van der Waals surface area contributed by atoms with E-state index in [9.17, 15) is 10.0 Å². The van der Waals surface area contributed by atoms with Crippen LogP contribution in [0.25, 0.3) is 0 Å². The first-order valence-electron chi connectivity index (χ1n) is 7.13. The van der Waals surface area contributed by atoms with Crippen LogP contribution in [-0.4, -0.2) is 23.9 Å². The standard InChI is InChI=1S/C17H17ClN2O3/c1-17(2)19(12-5-7-13(23-3)8-6-12)16(21)14-9-4-11(18)10-15(14)20(17)22/h4-10,22H,1-3H3. The second kappa shape index (κ2) is 5.44.